The van der Waals surface area contributed by atoms with Gasteiger partial charge in [-0.05, 0) is 31.0 Å². The molecule has 0 spiro atoms. The van der Waals surface area contributed by atoms with Gasteiger partial charge in [0.25, 0.3) is 5.56 Å². The molecule has 0 atom stereocenters. The summed E-state index contributed by atoms with van der Waals surface area (Å²) in [5.41, 5.74) is 7.95. The zero-order chi connectivity index (χ0) is 20.7. The molecule has 0 saturated heterocycles. The maximum Gasteiger partial charge on any atom is 0.277 e. The zero-order valence-corrected chi connectivity index (χ0v) is 18.1. The van der Waals surface area contributed by atoms with E-state index in [0.717, 1.165) is 41.5 Å². The molecule has 29 heavy (non-hydrogen) atoms. The lowest BCUT2D eigenvalue weighted by molar-refractivity contribution is 0.791. The van der Waals surface area contributed by atoms with Gasteiger partial charge in [0.15, 0.2) is 0 Å². The molecule has 2 aromatic carbocycles. The molecule has 0 fully saturated rings. The molecule has 0 unspecified atom stereocenters. The predicted octanol–water partition coefficient (Wildman–Crippen LogP) is 5.38. The summed E-state index contributed by atoms with van der Waals surface area (Å²) in [5, 5.41) is 1.81. The number of halogens is 2. The monoisotopic (exact) mass is 428 g/mol. The standard InChI is InChI=1S/C22H22Cl2N4O/c1-4-10-25-28-17(5-2)20(13-8-6-7-9-18(13)28)21-22(29)27(3)19-12-15(24)14(23)11-16(19)26-21/h6-9,11-12,25H,4-5,10H2,1-3H3. The summed E-state index contributed by atoms with van der Waals surface area (Å²) >= 11 is 12.4. The molecule has 4 aromatic rings. The van der Waals surface area contributed by atoms with Crippen molar-refractivity contribution in [1.82, 2.24) is 14.2 Å². The zero-order valence-electron chi connectivity index (χ0n) is 16.6. The highest BCUT2D eigenvalue weighted by Crippen LogP contribution is 2.34. The number of benzene rings is 2. The minimum absolute atomic E-state index is 0.163. The Kier molecular flexibility index (Phi) is 5.28. The highest BCUT2D eigenvalue weighted by atomic mass is 35.5. The Hall–Kier alpha value is -2.50. The van der Waals surface area contributed by atoms with Crippen molar-refractivity contribution in [3.05, 3.63) is 62.5 Å². The second kappa shape index (κ2) is 7.73. The number of para-hydroxylation sites is 1. The molecule has 2 aromatic heterocycles. The van der Waals surface area contributed by atoms with Crippen molar-refractivity contribution in [2.24, 2.45) is 7.05 Å². The second-order valence-electron chi connectivity index (χ2n) is 7.02. The molecule has 1 N–H and O–H groups in total. The van der Waals surface area contributed by atoms with Crippen molar-refractivity contribution < 1.29 is 0 Å². The Bertz CT molecular complexity index is 1290. The Labute approximate surface area is 178 Å². The van der Waals surface area contributed by atoms with Crippen LogP contribution in [0.2, 0.25) is 10.0 Å². The Morgan fingerprint density at radius 3 is 2.52 bits per heavy atom. The van der Waals surface area contributed by atoms with E-state index >= 15 is 0 Å². The summed E-state index contributed by atoms with van der Waals surface area (Å²) in [6, 6.07) is 11.5. The van der Waals surface area contributed by atoms with Crippen LogP contribution in [0.4, 0.5) is 0 Å². The molecule has 4 rings (SSSR count). The molecule has 0 aliphatic heterocycles. The quantitative estimate of drug-likeness (QED) is 0.464. The predicted molar refractivity (Wildman–Crippen MR) is 122 cm³/mol. The number of hydrogen-bond donors (Lipinski definition) is 1. The first-order valence-corrected chi connectivity index (χ1v) is 10.5. The molecule has 2 heterocycles. The minimum Gasteiger partial charge on any atom is -0.326 e. The second-order valence-corrected chi connectivity index (χ2v) is 7.83. The molecule has 0 aliphatic rings. The van der Waals surface area contributed by atoms with E-state index in [0.29, 0.717) is 26.8 Å². The third kappa shape index (κ3) is 3.18. The Morgan fingerprint density at radius 2 is 1.79 bits per heavy atom. The van der Waals surface area contributed by atoms with Gasteiger partial charge in [-0.2, -0.15) is 0 Å². The molecule has 0 bridgehead atoms. The summed E-state index contributed by atoms with van der Waals surface area (Å²) in [5.74, 6) is 0. The van der Waals surface area contributed by atoms with Crippen molar-refractivity contribution in [1.29, 1.82) is 0 Å². The fourth-order valence-corrected chi connectivity index (χ4v) is 4.10. The number of nitrogens with zero attached hydrogens (tertiary/aromatic N) is 3. The first-order valence-electron chi connectivity index (χ1n) is 9.70. The summed E-state index contributed by atoms with van der Waals surface area (Å²) < 4.78 is 3.68. The Balaban J connectivity index is 2.10. The minimum atomic E-state index is -0.163. The van der Waals surface area contributed by atoms with Crippen molar-refractivity contribution in [3.63, 3.8) is 0 Å². The van der Waals surface area contributed by atoms with Gasteiger partial charge in [-0.3, -0.25) is 9.47 Å². The van der Waals surface area contributed by atoms with Crippen LogP contribution in [-0.4, -0.2) is 20.8 Å². The summed E-state index contributed by atoms with van der Waals surface area (Å²) in [4.78, 5) is 18.1. The van der Waals surface area contributed by atoms with Gasteiger partial charge in [-0.1, -0.05) is 55.2 Å². The summed E-state index contributed by atoms with van der Waals surface area (Å²) in [6.07, 6.45) is 1.76. The van der Waals surface area contributed by atoms with Crippen LogP contribution in [-0.2, 0) is 13.5 Å². The van der Waals surface area contributed by atoms with Crippen LogP contribution in [0.25, 0.3) is 33.2 Å². The van der Waals surface area contributed by atoms with Crippen molar-refractivity contribution >= 4 is 45.1 Å². The molecular weight excluding hydrogens is 407 g/mol. The van der Waals surface area contributed by atoms with E-state index in [4.69, 9.17) is 28.2 Å². The Morgan fingerprint density at radius 1 is 1.07 bits per heavy atom. The average molecular weight is 429 g/mol. The van der Waals surface area contributed by atoms with E-state index in [1.54, 1.807) is 23.7 Å². The highest BCUT2D eigenvalue weighted by molar-refractivity contribution is 6.42. The maximum absolute atomic E-state index is 13.3. The number of aromatic nitrogens is 3. The molecule has 7 heteroatoms. The molecule has 5 nitrogen and oxygen atoms in total. The van der Waals surface area contributed by atoms with Gasteiger partial charge in [-0.15, -0.1) is 0 Å². The van der Waals surface area contributed by atoms with Crippen LogP contribution < -0.4 is 11.0 Å². The van der Waals surface area contributed by atoms with Crippen LogP contribution in [0.1, 0.15) is 26.0 Å². The fourth-order valence-electron chi connectivity index (χ4n) is 3.78. The van der Waals surface area contributed by atoms with Gasteiger partial charge in [0.2, 0.25) is 0 Å². The number of fused-ring (bicyclic) bond motifs is 2. The van der Waals surface area contributed by atoms with E-state index in [1.807, 2.05) is 18.2 Å². The lowest BCUT2D eigenvalue weighted by Gasteiger charge is -2.13. The highest BCUT2D eigenvalue weighted by Gasteiger charge is 2.22. The molecule has 0 saturated carbocycles. The van der Waals surface area contributed by atoms with Crippen LogP contribution >= 0.6 is 23.2 Å². The average Bonchev–Trinajstić information content (AvgIpc) is 3.04. The van der Waals surface area contributed by atoms with E-state index in [-0.39, 0.29) is 5.56 Å². The third-order valence-corrected chi connectivity index (χ3v) is 5.90. The van der Waals surface area contributed by atoms with Crippen LogP contribution in [0.5, 0.6) is 0 Å². The van der Waals surface area contributed by atoms with Crippen molar-refractivity contribution in [2.75, 3.05) is 12.0 Å². The maximum atomic E-state index is 13.3. The fraction of sp³-hybridized carbons (Fsp3) is 0.273. The first-order chi connectivity index (χ1) is 14.0. The number of nitrogens with one attached hydrogen (secondary N) is 1. The molecule has 0 aliphatic carbocycles. The van der Waals surface area contributed by atoms with Crippen LogP contribution in [0.3, 0.4) is 0 Å². The van der Waals surface area contributed by atoms with Gasteiger partial charge >= 0.3 is 0 Å². The molecule has 150 valence electrons. The lowest BCUT2D eigenvalue weighted by Crippen LogP contribution is -2.22. The lowest BCUT2D eigenvalue weighted by atomic mass is 10.1. The number of hydrogen-bond acceptors (Lipinski definition) is 3. The number of rotatable bonds is 5. The van der Waals surface area contributed by atoms with Crippen molar-refractivity contribution in [2.45, 2.75) is 26.7 Å². The number of aryl methyl sites for hydroxylation is 1. The van der Waals surface area contributed by atoms with E-state index in [2.05, 4.69) is 30.0 Å². The van der Waals surface area contributed by atoms with Gasteiger partial charge < -0.3 is 9.99 Å². The smallest absolute Gasteiger partial charge is 0.277 e. The van der Waals surface area contributed by atoms with E-state index in [1.165, 1.54) is 0 Å². The summed E-state index contributed by atoms with van der Waals surface area (Å²) in [6.45, 7) is 5.05. The van der Waals surface area contributed by atoms with Gasteiger partial charge in [0, 0.05) is 24.5 Å². The summed E-state index contributed by atoms with van der Waals surface area (Å²) in [7, 11) is 1.74. The van der Waals surface area contributed by atoms with Gasteiger partial charge in [0.1, 0.15) is 5.69 Å². The SMILES string of the molecule is CCCNn1c(CC)c(-c2nc3cc(Cl)c(Cl)cc3n(C)c2=O)c2ccccc21. The van der Waals surface area contributed by atoms with E-state index in [9.17, 15) is 4.79 Å². The largest absolute Gasteiger partial charge is 0.326 e. The van der Waals surface area contributed by atoms with Gasteiger partial charge in [-0.25, -0.2) is 4.98 Å². The van der Waals surface area contributed by atoms with E-state index < -0.39 is 0 Å². The normalized spacial score (nSPS) is 11.5. The molecular formula is C22H22Cl2N4O. The third-order valence-electron chi connectivity index (χ3n) is 5.18. The van der Waals surface area contributed by atoms with Gasteiger partial charge in [0.05, 0.1) is 32.3 Å². The molecule has 0 radical (unpaired) electrons. The first kappa shape index (κ1) is 19.8. The van der Waals surface area contributed by atoms with Crippen LogP contribution in [0.15, 0.2) is 41.2 Å². The van der Waals surface area contributed by atoms with Crippen molar-refractivity contribution in [3.8, 4) is 11.3 Å². The topological polar surface area (TPSA) is 51.9 Å². The van der Waals surface area contributed by atoms with Crippen LogP contribution in [0, 0.1) is 0 Å². The molecule has 0 amide bonds.